The fourth-order valence-electron chi connectivity index (χ4n) is 1.02. The molecule has 0 spiro atoms. The van der Waals surface area contributed by atoms with E-state index in [-0.39, 0.29) is 0 Å². The van der Waals surface area contributed by atoms with Gasteiger partial charge in [-0.1, -0.05) is 0 Å². The van der Waals surface area contributed by atoms with Crippen LogP contribution >= 0.6 is 0 Å². The minimum Gasteiger partial charge on any atom is -0.307 e. The summed E-state index contributed by atoms with van der Waals surface area (Å²) in [6.07, 6.45) is 6.78. The van der Waals surface area contributed by atoms with Crippen LogP contribution in [-0.4, -0.2) is 15.5 Å². The number of imidazole rings is 1. The van der Waals surface area contributed by atoms with E-state index >= 15 is 0 Å². The Labute approximate surface area is 68.2 Å². The van der Waals surface area contributed by atoms with Gasteiger partial charge in [0.05, 0.1) is 5.69 Å². The van der Waals surface area contributed by atoms with Gasteiger partial charge in [-0.25, -0.2) is 9.78 Å². The molecule has 0 aliphatic heterocycles. The van der Waals surface area contributed by atoms with Crippen molar-refractivity contribution in [3.05, 3.63) is 30.7 Å². The van der Waals surface area contributed by atoms with Crippen LogP contribution in [0.3, 0.4) is 0 Å². The molecule has 4 nitrogen and oxygen atoms in total. The first-order chi connectivity index (χ1) is 5.90. The lowest BCUT2D eigenvalue weighted by Crippen LogP contribution is -1.79. The highest BCUT2D eigenvalue weighted by atomic mass is 16.1. The van der Waals surface area contributed by atoms with E-state index in [2.05, 4.69) is 9.98 Å². The average Bonchev–Trinajstić information content (AvgIpc) is 2.51. The van der Waals surface area contributed by atoms with E-state index in [1.165, 1.54) is 6.08 Å². The standard InChI is InChI=1S/C8H5N3O/c12-6-10-7-1-3-11-4-2-9-8(11)5-7/h1-5H. The molecule has 58 valence electrons. The monoisotopic (exact) mass is 159 g/mol. The van der Waals surface area contributed by atoms with Crippen LogP contribution in [0.15, 0.2) is 35.7 Å². The lowest BCUT2D eigenvalue weighted by atomic mass is 10.4. The summed E-state index contributed by atoms with van der Waals surface area (Å²) in [6, 6.07) is 3.44. The third-order valence-corrected chi connectivity index (χ3v) is 1.56. The molecule has 0 fully saturated rings. The van der Waals surface area contributed by atoms with Crippen molar-refractivity contribution in [2.45, 2.75) is 0 Å². The van der Waals surface area contributed by atoms with Crippen LogP contribution in [0.5, 0.6) is 0 Å². The van der Waals surface area contributed by atoms with Gasteiger partial charge in [0.25, 0.3) is 0 Å². The van der Waals surface area contributed by atoms with Gasteiger partial charge in [0.1, 0.15) is 5.65 Å². The van der Waals surface area contributed by atoms with Crippen LogP contribution in [0.4, 0.5) is 5.69 Å². The number of fused-ring (bicyclic) bond motifs is 1. The van der Waals surface area contributed by atoms with Gasteiger partial charge in [-0.05, 0) is 6.07 Å². The molecule has 0 N–H and O–H groups in total. The molecule has 12 heavy (non-hydrogen) atoms. The number of pyridine rings is 1. The highest BCUT2D eigenvalue weighted by molar-refractivity contribution is 5.55. The molecular formula is C8H5N3O. The number of carbonyl (C=O) groups excluding carboxylic acids is 1. The largest absolute Gasteiger partial charge is 0.307 e. The minimum absolute atomic E-state index is 0.573. The highest BCUT2D eigenvalue weighted by Gasteiger charge is 1.93. The second kappa shape index (κ2) is 2.60. The lowest BCUT2D eigenvalue weighted by Gasteiger charge is -1.92. The Morgan fingerprint density at radius 1 is 1.50 bits per heavy atom. The average molecular weight is 159 g/mol. The zero-order valence-corrected chi connectivity index (χ0v) is 6.14. The van der Waals surface area contributed by atoms with E-state index < -0.39 is 0 Å². The third kappa shape index (κ3) is 1.00. The second-order valence-corrected chi connectivity index (χ2v) is 2.28. The number of rotatable bonds is 1. The van der Waals surface area contributed by atoms with Crippen molar-refractivity contribution in [3.63, 3.8) is 0 Å². The molecule has 0 aliphatic rings. The van der Waals surface area contributed by atoms with Crippen molar-refractivity contribution in [1.82, 2.24) is 9.38 Å². The van der Waals surface area contributed by atoms with Gasteiger partial charge in [0.15, 0.2) is 0 Å². The van der Waals surface area contributed by atoms with Gasteiger partial charge in [0.2, 0.25) is 6.08 Å². The first-order valence-corrected chi connectivity index (χ1v) is 3.41. The van der Waals surface area contributed by atoms with E-state index in [0.29, 0.717) is 5.69 Å². The number of hydrogen-bond donors (Lipinski definition) is 0. The van der Waals surface area contributed by atoms with Gasteiger partial charge < -0.3 is 4.40 Å². The Hall–Kier alpha value is -1.93. The van der Waals surface area contributed by atoms with Gasteiger partial charge in [-0.3, -0.25) is 0 Å². The van der Waals surface area contributed by atoms with Crippen LogP contribution in [-0.2, 0) is 4.79 Å². The summed E-state index contributed by atoms with van der Waals surface area (Å²) >= 11 is 0. The normalized spacial score (nSPS) is 9.67. The lowest BCUT2D eigenvalue weighted by molar-refractivity contribution is 0.565. The molecule has 2 heterocycles. The Kier molecular flexibility index (Phi) is 1.47. The summed E-state index contributed by atoms with van der Waals surface area (Å²) in [5.74, 6) is 0. The summed E-state index contributed by atoms with van der Waals surface area (Å²) in [5.41, 5.74) is 1.34. The van der Waals surface area contributed by atoms with Crippen molar-refractivity contribution in [3.8, 4) is 0 Å². The van der Waals surface area contributed by atoms with Crippen LogP contribution in [0, 0.1) is 0 Å². The van der Waals surface area contributed by atoms with Gasteiger partial charge in [-0.2, -0.15) is 4.99 Å². The molecule has 2 rings (SSSR count). The Bertz CT molecular complexity index is 454. The molecule has 2 aromatic heterocycles. The first-order valence-electron chi connectivity index (χ1n) is 3.41. The molecular weight excluding hydrogens is 154 g/mol. The topological polar surface area (TPSA) is 46.7 Å². The fraction of sp³-hybridized carbons (Fsp3) is 0. The van der Waals surface area contributed by atoms with Crippen molar-refractivity contribution in [2.24, 2.45) is 4.99 Å². The molecule has 0 unspecified atom stereocenters. The summed E-state index contributed by atoms with van der Waals surface area (Å²) in [4.78, 5) is 17.4. The van der Waals surface area contributed by atoms with Crippen molar-refractivity contribution in [1.29, 1.82) is 0 Å². The number of aliphatic imine (C=N–C) groups is 1. The molecule has 0 bridgehead atoms. The Balaban J connectivity index is 2.67. The molecule has 0 aliphatic carbocycles. The molecule has 0 saturated heterocycles. The molecule has 0 amide bonds. The number of hydrogen-bond acceptors (Lipinski definition) is 3. The zero-order chi connectivity index (χ0) is 8.39. The smallest absolute Gasteiger partial charge is 0.240 e. The molecule has 0 saturated carbocycles. The molecule has 0 atom stereocenters. The summed E-state index contributed by atoms with van der Waals surface area (Å²) in [5, 5.41) is 0. The maximum Gasteiger partial charge on any atom is 0.240 e. The van der Waals surface area contributed by atoms with Crippen molar-refractivity contribution >= 4 is 17.4 Å². The highest BCUT2D eigenvalue weighted by Crippen LogP contribution is 2.12. The van der Waals surface area contributed by atoms with Gasteiger partial charge in [0, 0.05) is 24.7 Å². The summed E-state index contributed by atoms with van der Waals surface area (Å²) < 4.78 is 1.84. The number of nitrogens with zero attached hydrogens (tertiary/aromatic N) is 3. The van der Waals surface area contributed by atoms with E-state index in [9.17, 15) is 4.79 Å². The van der Waals surface area contributed by atoms with E-state index in [4.69, 9.17) is 0 Å². The maximum absolute atomic E-state index is 9.93. The minimum atomic E-state index is 0.573. The van der Waals surface area contributed by atoms with Crippen LogP contribution < -0.4 is 0 Å². The molecule has 0 radical (unpaired) electrons. The number of aromatic nitrogens is 2. The SMILES string of the molecule is O=C=Nc1ccn2ccnc2c1. The maximum atomic E-state index is 9.93. The van der Waals surface area contributed by atoms with Crippen molar-refractivity contribution < 1.29 is 4.79 Å². The van der Waals surface area contributed by atoms with Gasteiger partial charge in [-0.15, -0.1) is 0 Å². The van der Waals surface area contributed by atoms with Crippen LogP contribution in [0.25, 0.3) is 5.65 Å². The quantitative estimate of drug-likeness (QED) is 0.465. The van der Waals surface area contributed by atoms with Crippen LogP contribution in [0.2, 0.25) is 0 Å². The molecule has 2 aromatic rings. The van der Waals surface area contributed by atoms with Gasteiger partial charge >= 0.3 is 0 Å². The molecule has 4 heteroatoms. The predicted octanol–water partition coefficient (Wildman–Crippen LogP) is 1.30. The summed E-state index contributed by atoms with van der Waals surface area (Å²) in [7, 11) is 0. The fourth-order valence-corrected chi connectivity index (χ4v) is 1.02. The summed E-state index contributed by atoms with van der Waals surface area (Å²) in [6.45, 7) is 0. The Morgan fingerprint density at radius 3 is 3.25 bits per heavy atom. The molecule has 0 aromatic carbocycles. The first kappa shape index (κ1) is 6.76. The van der Waals surface area contributed by atoms with E-state index in [1.807, 2.05) is 10.6 Å². The van der Waals surface area contributed by atoms with Crippen molar-refractivity contribution in [2.75, 3.05) is 0 Å². The number of isocyanates is 1. The Morgan fingerprint density at radius 2 is 2.42 bits per heavy atom. The third-order valence-electron chi connectivity index (χ3n) is 1.56. The predicted molar refractivity (Wildman–Crippen MR) is 43.0 cm³/mol. The second-order valence-electron chi connectivity index (χ2n) is 2.28. The van der Waals surface area contributed by atoms with E-state index in [0.717, 1.165) is 5.65 Å². The zero-order valence-electron chi connectivity index (χ0n) is 6.14. The van der Waals surface area contributed by atoms with E-state index in [1.54, 1.807) is 24.5 Å². The van der Waals surface area contributed by atoms with Crippen LogP contribution in [0.1, 0.15) is 0 Å².